The molecule has 1 fully saturated rings. The Morgan fingerprint density at radius 2 is 1.69 bits per heavy atom. The zero-order chi connectivity index (χ0) is 21.0. The van der Waals surface area contributed by atoms with Crippen LogP contribution in [0.5, 0.6) is 0 Å². The van der Waals surface area contributed by atoms with Crippen LogP contribution in [0.1, 0.15) is 34.8 Å². The van der Waals surface area contributed by atoms with Crippen LogP contribution in [0, 0.1) is 20.2 Å². The third-order valence-electron chi connectivity index (χ3n) is 4.86. The number of carbonyl (C=O) groups excluding carboxylic acids is 1. The van der Waals surface area contributed by atoms with E-state index < -0.39 is 27.1 Å². The normalized spacial score (nSPS) is 15.1. The number of non-ortho nitro benzene ring substituents is 2. The first-order valence-corrected chi connectivity index (χ1v) is 9.44. The Hall–Kier alpha value is -3.04. The Morgan fingerprint density at radius 1 is 1.07 bits per heavy atom. The highest BCUT2D eigenvalue weighted by atomic mass is 35.5. The molecule has 1 N–H and O–H groups in total. The van der Waals surface area contributed by atoms with Gasteiger partial charge < -0.3 is 5.32 Å². The molecule has 29 heavy (non-hydrogen) atoms. The Balaban J connectivity index is 1.81. The maximum atomic E-state index is 12.6. The second kappa shape index (κ2) is 8.97. The first-order chi connectivity index (χ1) is 13.8. The van der Waals surface area contributed by atoms with Gasteiger partial charge in [0.2, 0.25) is 0 Å². The molecule has 1 amide bonds. The van der Waals surface area contributed by atoms with E-state index in [1.54, 1.807) is 6.07 Å². The first-order valence-electron chi connectivity index (χ1n) is 9.07. The molecule has 1 aliphatic rings. The van der Waals surface area contributed by atoms with Crippen molar-refractivity contribution in [3.8, 4) is 0 Å². The highest BCUT2D eigenvalue weighted by Gasteiger charge is 2.25. The summed E-state index contributed by atoms with van der Waals surface area (Å²) in [6.07, 6.45) is 2.12. The van der Waals surface area contributed by atoms with Gasteiger partial charge in [-0.2, -0.15) is 0 Å². The van der Waals surface area contributed by atoms with Crippen molar-refractivity contribution in [2.24, 2.45) is 0 Å². The Labute approximate surface area is 171 Å². The number of rotatable bonds is 7. The van der Waals surface area contributed by atoms with E-state index in [1.807, 2.05) is 18.2 Å². The van der Waals surface area contributed by atoms with Gasteiger partial charge >= 0.3 is 0 Å². The van der Waals surface area contributed by atoms with E-state index in [2.05, 4.69) is 10.2 Å². The van der Waals surface area contributed by atoms with Crippen molar-refractivity contribution in [1.82, 2.24) is 10.2 Å². The van der Waals surface area contributed by atoms with Crippen LogP contribution in [0.2, 0.25) is 5.02 Å². The summed E-state index contributed by atoms with van der Waals surface area (Å²) < 4.78 is 0. The van der Waals surface area contributed by atoms with Gasteiger partial charge in [-0.25, -0.2) is 0 Å². The summed E-state index contributed by atoms with van der Waals surface area (Å²) in [5.41, 5.74) is -0.188. The summed E-state index contributed by atoms with van der Waals surface area (Å²) in [6.45, 7) is 2.01. The number of benzene rings is 2. The van der Waals surface area contributed by atoms with Crippen LogP contribution in [0.25, 0.3) is 0 Å². The van der Waals surface area contributed by atoms with Crippen LogP contribution in [-0.2, 0) is 0 Å². The van der Waals surface area contributed by atoms with E-state index in [1.165, 1.54) is 0 Å². The number of nitro benzene ring substituents is 2. The summed E-state index contributed by atoms with van der Waals surface area (Å²) in [6, 6.07) is 10.2. The zero-order valence-corrected chi connectivity index (χ0v) is 16.2. The largest absolute Gasteiger partial charge is 0.350 e. The molecular formula is C19H19ClN4O5. The fraction of sp³-hybridized carbons (Fsp3) is 0.316. The number of nitro groups is 2. The second-order valence-corrected chi connectivity index (χ2v) is 7.21. The third-order valence-corrected chi connectivity index (χ3v) is 5.09. The summed E-state index contributed by atoms with van der Waals surface area (Å²) in [4.78, 5) is 35.4. The molecule has 1 atom stereocenters. The van der Waals surface area contributed by atoms with Crippen LogP contribution in [0.3, 0.4) is 0 Å². The molecule has 2 aromatic rings. The lowest BCUT2D eigenvalue weighted by atomic mass is 10.1. The van der Waals surface area contributed by atoms with Crippen molar-refractivity contribution in [2.45, 2.75) is 18.9 Å². The standard InChI is InChI=1S/C19H19ClN4O5/c20-15-5-3-4-13(8-15)18(22-6-1-2-7-22)12-21-19(25)14-9-16(23(26)27)11-17(10-14)24(28)29/h3-5,8-11,18H,1-2,6-7,12H2,(H,21,25). The smallest absolute Gasteiger partial charge is 0.277 e. The molecule has 0 aliphatic carbocycles. The predicted molar refractivity (Wildman–Crippen MR) is 107 cm³/mol. The van der Waals surface area contributed by atoms with Crippen molar-refractivity contribution in [2.75, 3.05) is 19.6 Å². The van der Waals surface area contributed by atoms with Gasteiger partial charge in [0.05, 0.1) is 27.5 Å². The number of carbonyl (C=O) groups is 1. The van der Waals surface area contributed by atoms with Gasteiger partial charge in [-0.15, -0.1) is 0 Å². The maximum Gasteiger partial charge on any atom is 0.277 e. The highest BCUT2D eigenvalue weighted by molar-refractivity contribution is 6.30. The molecule has 2 aromatic carbocycles. The number of nitrogens with one attached hydrogen (secondary N) is 1. The van der Waals surface area contributed by atoms with Gasteiger partial charge in [0.1, 0.15) is 0 Å². The maximum absolute atomic E-state index is 12.6. The van der Waals surface area contributed by atoms with Crippen LogP contribution in [0.4, 0.5) is 11.4 Å². The van der Waals surface area contributed by atoms with Crippen molar-refractivity contribution < 1.29 is 14.6 Å². The van der Waals surface area contributed by atoms with E-state index in [-0.39, 0.29) is 18.2 Å². The third kappa shape index (κ3) is 5.07. The van der Waals surface area contributed by atoms with E-state index >= 15 is 0 Å². The number of hydrogen-bond acceptors (Lipinski definition) is 6. The van der Waals surface area contributed by atoms with Gasteiger partial charge in [-0.3, -0.25) is 29.9 Å². The number of hydrogen-bond donors (Lipinski definition) is 1. The molecule has 1 unspecified atom stereocenters. The van der Waals surface area contributed by atoms with Crippen LogP contribution < -0.4 is 5.32 Å². The predicted octanol–water partition coefficient (Wildman–Crippen LogP) is 3.72. The Kier molecular flexibility index (Phi) is 6.40. The molecule has 0 bridgehead atoms. The molecule has 0 spiro atoms. The molecule has 1 saturated heterocycles. The highest BCUT2D eigenvalue weighted by Crippen LogP contribution is 2.27. The van der Waals surface area contributed by atoms with Crippen molar-refractivity contribution >= 4 is 28.9 Å². The lowest BCUT2D eigenvalue weighted by molar-refractivity contribution is -0.394. The number of likely N-dealkylation sites (tertiary alicyclic amines) is 1. The molecule has 1 heterocycles. The molecule has 0 aromatic heterocycles. The quantitative estimate of drug-likeness (QED) is 0.540. The molecule has 152 valence electrons. The van der Waals surface area contributed by atoms with Gasteiger partial charge in [-0.05, 0) is 43.6 Å². The van der Waals surface area contributed by atoms with E-state index in [4.69, 9.17) is 11.6 Å². The first kappa shape index (κ1) is 20.7. The minimum Gasteiger partial charge on any atom is -0.350 e. The van der Waals surface area contributed by atoms with Crippen LogP contribution >= 0.6 is 11.6 Å². The number of halogens is 1. The second-order valence-electron chi connectivity index (χ2n) is 6.78. The fourth-order valence-electron chi connectivity index (χ4n) is 3.45. The molecule has 0 radical (unpaired) electrons. The fourth-order valence-corrected chi connectivity index (χ4v) is 3.65. The monoisotopic (exact) mass is 418 g/mol. The molecule has 10 heteroatoms. The Bertz CT molecular complexity index is 914. The van der Waals surface area contributed by atoms with Crippen LogP contribution in [0.15, 0.2) is 42.5 Å². The van der Waals surface area contributed by atoms with E-state index in [0.717, 1.165) is 49.7 Å². The van der Waals surface area contributed by atoms with Gasteiger partial charge in [0.15, 0.2) is 0 Å². The summed E-state index contributed by atoms with van der Waals surface area (Å²) >= 11 is 6.11. The average molecular weight is 419 g/mol. The number of amides is 1. The minimum atomic E-state index is -0.761. The lowest BCUT2D eigenvalue weighted by Crippen LogP contribution is -2.36. The van der Waals surface area contributed by atoms with E-state index in [9.17, 15) is 25.0 Å². The van der Waals surface area contributed by atoms with Gasteiger partial charge in [0, 0.05) is 23.7 Å². The number of nitrogens with zero attached hydrogens (tertiary/aromatic N) is 3. The molecule has 9 nitrogen and oxygen atoms in total. The summed E-state index contributed by atoms with van der Waals surface area (Å²) in [7, 11) is 0. The van der Waals surface area contributed by atoms with Gasteiger partial charge in [-0.1, -0.05) is 23.7 Å². The van der Waals surface area contributed by atoms with Crippen molar-refractivity contribution in [1.29, 1.82) is 0 Å². The van der Waals surface area contributed by atoms with Gasteiger partial charge in [0.25, 0.3) is 17.3 Å². The van der Waals surface area contributed by atoms with Crippen molar-refractivity contribution in [3.63, 3.8) is 0 Å². The Morgan fingerprint density at radius 3 is 2.24 bits per heavy atom. The molecule has 1 aliphatic heterocycles. The minimum absolute atomic E-state index is 0.117. The SMILES string of the molecule is O=C(NCC(c1cccc(Cl)c1)N1CCCC1)c1cc([N+](=O)[O-])cc([N+](=O)[O-])c1. The summed E-state index contributed by atoms with van der Waals surface area (Å²) in [5, 5.41) is 25.4. The lowest BCUT2D eigenvalue weighted by Gasteiger charge is -2.28. The average Bonchev–Trinajstić information content (AvgIpc) is 3.22. The molecular weight excluding hydrogens is 400 g/mol. The van der Waals surface area contributed by atoms with E-state index in [0.29, 0.717) is 5.02 Å². The molecule has 3 rings (SSSR count). The van der Waals surface area contributed by atoms with Crippen molar-refractivity contribution in [3.05, 3.63) is 78.8 Å². The topological polar surface area (TPSA) is 119 Å². The zero-order valence-electron chi connectivity index (χ0n) is 15.4. The molecule has 0 saturated carbocycles. The van der Waals surface area contributed by atoms with Crippen LogP contribution in [-0.4, -0.2) is 40.3 Å². The summed E-state index contributed by atoms with van der Waals surface area (Å²) in [5.74, 6) is -0.608.